The molecule has 0 unspecified atom stereocenters. The van der Waals surface area contributed by atoms with Gasteiger partial charge in [0, 0.05) is 6.54 Å². The first-order valence-corrected chi connectivity index (χ1v) is 6.24. The van der Waals surface area contributed by atoms with Crippen LogP contribution in [0, 0.1) is 21.4 Å². The molecule has 0 spiro atoms. The summed E-state index contributed by atoms with van der Waals surface area (Å²) in [4.78, 5) is 10.5. The molecule has 0 saturated heterocycles. The fourth-order valence-electron chi connectivity index (χ4n) is 1.89. The number of benzene rings is 2. The molecule has 0 aromatic heterocycles. The van der Waals surface area contributed by atoms with E-state index in [2.05, 4.69) is 5.32 Å². The molecule has 0 aliphatic heterocycles. The Kier molecular flexibility index (Phi) is 4.49. The van der Waals surface area contributed by atoms with E-state index in [1.165, 1.54) is 12.1 Å². The lowest BCUT2D eigenvalue weighted by molar-refractivity contribution is -0.385. The molecule has 0 amide bonds. The van der Waals surface area contributed by atoms with E-state index >= 15 is 0 Å². The standard InChI is InChI=1S/C15H13N3O3/c1-17-10-11-5-7-13(8-6-11)21-14-4-2-3-12(9-16)15(14)18(19)20/h2-8,17H,10H2,1H3. The highest BCUT2D eigenvalue weighted by atomic mass is 16.6. The average molecular weight is 283 g/mol. The summed E-state index contributed by atoms with van der Waals surface area (Å²) in [6, 6.07) is 13.4. The number of hydrogen-bond acceptors (Lipinski definition) is 5. The monoisotopic (exact) mass is 283 g/mol. The van der Waals surface area contributed by atoms with E-state index in [0.717, 1.165) is 12.1 Å². The van der Waals surface area contributed by atoms with Crippen molar-refractivity contribution < 1.29 is 9.66 Å². The minimum absolute atomic E-state index is 0.0238. The Balaban J connectivity index is 2.31. The zero-order chi connectivity index (χ0) is 15.2. The number of ether oxygens (including phenoxy) is 1. The fourth-order valence-corrected chi connectivity index (χ4v) is 1.89. The lowest BCUT2D eigenvalue weighted by Crippen LogP contribution is -2.04. The molecular weight excluding hydrogens is 270 g/mol. The van der Waals surface area contributed by atoms with Crippen molar-refractivity contribution in [2.75, 3.05) is 7.05 Å². The van der Waals surface area contributed by atoms with E-state index in [4.69, 9.17) is 10.00 Å². The van der Waals surface area contributed by atoms with Crippen LogP contribution >= 0.6 is 0 Å². The zero-order valence-electron chi connectivity index (χ0n) is 11.4. The first-order chi connectivity index (χ1) is 10.2. The average Bonchev–Trinajstić information content (AvgIpc) is 2.49. The summed E-state index contributed by atoms with van der Waals surface area (Å²) in [5.74, 6) is 0.536. The number of nitriles is 1. The van der Waals surface area contributed by atoms with Crippen molar-refractivity contribution in [3.8, 4) is 17.6 Å². The van der Waals surface area contributed by atoms with Gasteiger partial charge >= 0.3 is 5.69 Å². The minimum atomic E-state index is -0.608. The summed E-state index contributed by atoms with van der Waals surface area (Å²) in [5.41, 5.74) is 0.730. The Hall–Kier alpha value is -2.91. The zero-order valence-corrected chi connectivity index (χ0v) is 11.4. The van der Waals surface area contributed by atoms with Crippen molar-refractivity contribution in [1.82, 2.24) is 5.32 Å². The van der Waals surface area contributed by atoms with Crippen LogP contribution in [0.2, 0.25) is 0 Å². The fraction of sp³-hybridized carbons (Fsp3) is 0.133. The third kappa shape index (κ3) is 3.35. The summed E-state index contributed by atoms with van der Waals surface area (Å²) in [7, 11) is 1.85. The Labute approximate surface area is 121 Å². The van der Waals surface area contributed by atoms with Gasteiger partial charge in [-0.3, -0.25) is 10.1 Å². The van der Waals surface area contributed by atoms with Crippen molar-refractivity contribution in [2.45, 2.75) is 6.54 Å². The molecule has 0 aliphatic rings. The Morgan fingerprint density at radius 1 is 1.29 bits per heavy atom. The van der Waals surface area contributed by atoms with Crippen LogP contribution in [0.5, 0.6) is 11.5 Å². The Morgan fingerprint density at radius 3 is 2.57 bits per heavy atom. The molecule has 0 aliphatic carbocycles. The van der Waals surface area contributed by atoms with Crippen molar-refractivity contribution in [1.29, 1.82) is 5.26 Å². The molecule has 2 aromatic rings. The number of hydrogen-bond donors (Lipinski definition) is 1. The SMILES string of the molecule is CNCc1ccc(Oc2cccc(C#N)c2[N+](=O)[O-])cc1. The molecule has 1 N–H and O–H groups in total. The van der Waals surface area contributed by atoms with Crippen LogP contribution in [0.4, 0.5) is 5.69 Å². The smallest absolute Gasteiger partial charge is 0.329 e. The van der Waals surface area contributed by atoms with Gasteiger partial charge in [-0.15, -0.1) is 0 Å². The van der Waals surface area contributed by atoms with Crippen LogP contribution in [0.15, 0.2) is 42.5 Å². The lowest BCUT2D eigenvalue weighted by Gasteiger charge is -2.08. The molecule has 21 heavy (non-hydrogen) atoms. The quantitative estimate of drug-likeness (QED) is 0.673. The largest absolute Gasteiger partial charge is 0.450 e. The highest BCUT2D eigenvalue weighted by Crippen LogP contribution is 2.33. The van der Waals surface area contributed by atoms with Gasteiger partial charge in [0.15, 0.2) is 0 Å². The molecule has 6 nitrogen and oxygen atoms in total. The van der Waals surface area contributed by atoms with Gasteiger partial charge in [-0.05, 0) is 36.9 Å². The van der Waals surface area contributed by atoms with Crippen LogP contribution in [-0.2, 0) is 6.54 Å². The second-order valence-electron chi connectivity index (χ2n) is 4.30. The molecule has 2 aromatic carbocycles. The molecule has 0 radical (unpaired) electrons. The van der Waals surface area contributed by atoms with E-state index in [-0.39, 0.29) is 17.0 Å². The van der Waals surface area contributed by atoms with Crippen LogP contribution < -0.4 is 10.1 Å². The number of para-hydroxylation sites is 1. The number of nitrogens with one attached hydrogen (secondary N) is 1. The molecular formula is C15H13N3O3. The molecule has 2 rings (SSSR count). The minimum Gasteiger partial charge on any atom is -0.450 e. The number of nitro benzene ring substituents is 1. The van der Waals surface area contributed by atoms with Crippen LogP contribution in [-0.4, -0.2) is 12.0 Å². The summed E-state index contributed by atoms with van der Waals surface area (Å²) < 4.78 is 5.53. The molecule has 0 atom stereocenters. The maximum Gasteiger partial charge on any atom is 0.329 e. The molecule has 106 valence electrons. The first kappa shape index (κ1) is 14.5. The van der Waals surface area contributed by atoms with Gasteiger partial charge in [-0.25, -0.2) is 0 Å². The van der Waals surface area contributed by atoms with Crippen molar-refractivity contribution in [3.63, 3.8) is 0 Å². The van der Waals surface area contributed by atoms with Crippen LogP contribution in [0.1, 0.15) is 11.1 Å². The van der Waals surface area contributed by atoms with E-state index in [1.54, 1.807) is 24.3 Å². The second-order valence-corrected chi connectivity index (χ2v) is 4.30. The van der Waals surface area contributed by atoms with Gasteiger partial charge in [0.2, 0.25) is 5.75 Å². The van der Waals surface area contributed by atoms with Crippen molar-refractivity contribution in [3.05, 3.63) is 63.7 Å². The van der Waals surface area contributed by atoms with Gasteiger partial charge in [0.1, 0.15) is 17.4 Å². The Morgan fingerprint density at radius 2 is 2.00 bits per heavy atom. The van der Waals surface area contributed by atoms with E-state index in [0.29, 0.717) is 5.75 Å². The molecule has 0 bridgehead atoms. The van der Waals surface area contributed by atoms with E-state index < -0.39 is 4.92 Å². The highest BCUT2D eigenvalue weighted by Gasteiger charge is 2.21. The number of rotatable bonds is 5. The lowest BCUT2D eigenvalue weighted by atomic mass is 10.2. The van der Waals surface area contributed by atoms with Gasteiger partial charge in [-0.1, -0.05) is 18.2 Å². The molecule has 0 heterocycles. The maximum atomic E-state index is 11.1. The van der Waals surface area contributed by atoms with Crippen LogP contribution in [0.25, 0.3) is 0 Å². The topological polar surface area (TPSA) is 88.2 Å². The van der Waals surface area contributed by atoms with Gasteiger partial charge in [0.25, 0.3) is 0 Å². The summed E-state index contributed by atoms with van der Waals surface area (Å²) in [5, 5.41) is 23.1. The van der Waals surface area contributed by atoms with E-state index in [9.17, 15) is 10.1 Å². The van der Waals surface area contributed by atoms with Gasteiger partial charge in [-0.2, -0.15) is 5.26 Å². The normalized spacial score (nSPS) is 9.90. The second kappa shape index (κ2) is 6.50. The van der Waals surface area contributed by atoms with E-state index in [1.807, 2.05) is 19.2 Å². The summed E-state index contributed by atoms with van der Waals surface area (Å²) in [6.45, 7) is 0.727. The molecule has 0 fully saturated rings. The third-order valence-corrected chi connectivity index (χ3v) is 2.83. The van der Waals surface area contributed by atoms with Crippen molar-refractivity contribution in [2.24, 2.45) is 0 Å². The van der Waals surface area contributed by atoms with Crippen molar-refractivity contribution >= 4 is 5.69 Å². The predicted octanol–water partition coefficient (Wildman–Crippen LogP) is 2.98. The maximum absolute atomic E-state index is 11.1. The van der Waals surface area contributed by atoms with Crippen LogP contribution in [0.3, 0.4) is 0 Å². The number of nitro groups is 1. The highest BCUT2D eigenvalue weighted by molar-refractivity contribution is 5.59. The predicted molar refractivity (Wildman–Crippen MR) is 77.1 cm³/mol. The summed E-state index contributed by atoms with van der Waals surface area (Å²) in [6.07, 6.45) is 0. The molecule has 6 heteroatoms. The van der Waals surface area contributed by atoms with Gasteiger partial charge in [0.05, 0.1) is 4.92 Å². The first-order valence-electron chi connectivity index (χ1n) is 6.24. The number of nitrogens with zero attached hydrogens (tertiary/aromatic N) is 2. The van der Waals surface area contributed by atoms with Gasteiger partial charge < -0.3 is 10.1 Å². The molecule has 0 saturated carbocycles. The third-order valence-electron chi connectivity index (χ3n) is 2.83. The Bertz CT molecular complexity index is 690. The summed E-state index contributed by atoms with van der Waals surface area (Å²) >= 11 is 0.